The summed E-state index contributed by atoms with van der Waals surface area (Å²) in [5.74, 6) is 0.0713. The monoisotopic (exact) mass is 455 g/mol. The molecular formula is C23H22BrNO4. The van der Waals surface area contributed by atoms with E-state index in [2.05, 4.69) is 15.9 Å². The zero-order valence-electron chi connectivity index (χ0n) is 16.6. The second-order valence-corrected chi connectivity index (χ2v) is 7.44. The van der Waals surface area contributed by atoms with Gasteiger partial charge >= 0.3 is 5.97 Å². The quantitative estimate of drug-likeness (QED) is 0.479. The average Bonchev–Trinajstić information content (AvgIpc) is 2.97. The zero-order valence-corrected chi connectivity index (χ0v) is 18.2. The van der Waals surface area contributed by atoms with Crippen molar-refractivity contribution in [3.63, 3.8) is 0 Å². The average molecular weight is 456 g/mol. The number of hydrogen-bond acceptors (Lipinski definition) is 4. The standard InChI is InChI=1S/C23H22BrNO4/c1-15-21(23(27)29-3)19(14-17-6-4-5-7-20(17)24)22(26)25(15)13-12-16-8-10-18(28-2)11-9-16/h4-11,14H,12-13H2,1-3H3/b19-14-. The van der Waals surface area contributed by atoms with Crippen LogP contribution >= 0.6 is 15.9 Å². The Kier molecular flexibility index (Phi) is 6.54. The fraction of sp³-hybridized carbons (Fsp3) is 0.217. The zero-order chi connectivity index (χ0) is 21.0. The highest BCUT2D eigenvalue weighted by Crippen LogP contribution is 2.33. The smallest absolute Gasteiger partial charge is 0.340 e. The van der Waals surface area contributed by atoms with Crippen LogP contribution in [0, 0.1) is 0 Å². The van der Waals surface area contributed by atoms with Crippen molar-refractivity contribution >= 4 is 33.9 Å². The van der Waals surface area contributed by atoms with Crippen LogP contribution < -0.4 is 4.74 Å². The van der Waals surface area contributed by atoms with Crippen molar-refractivity contribution in [2.24, 2.45) is 0 Å². The van der Waals surface area contributed by atoms with Gasteiger partial charge in [0, 0.05) is 16.7 Å². The summed E-state index contributed by atoms with van der Waals surface area (Å²) < 4.78 is 11.0. The number of carbonyl (C=O) groups is 2. The van der Waals surface area contributed by atoms with Crippen LogP contribution in [-0.2, 0) is 20.7 Å². The molecule has 0 atom stereocenters. The lowest BCUT2D eigenvalue weighted by atomic mass is 10.0. The number of carbonyl (C=O) groups excluding carboxylic acids is 2. The van der Waals surface area contributed by atoms with Gasteiger partial charge in [0.2, 0.25) is 0 Å². The lowest BCUT2D eigenvalue weighted by Crippen LogP contribution is -2.27. The Bertz CT molecular complexity index is 992. The second-order valence-electron chi connectivity index (χ2n) is 6.59. The van der Waals surface area contributed by atoms with Crippen molar-refractivity contribution in [1.82, 2.24) is 4.90 Å². The highest BCUT2D eigenvalue weighted by Gasteiger charge is 2.36. The number of amides is 1. The Morgan fingerprint density at radius 1 is 1.10 bits per heavy atom. The lowest BCUT2D eigenvalue weighted by Gasteiger charge is -2.18. The number of methoxy groups -OCH3 is 2. The number of rotatable bonds is 6. The molecule has 1 aliphatic rings. The number of halogens is 1. The maximum atomic E-state index is 13.2. The minimum Gasteiger partial charge on any atom is -0.497 e. The van der Waals surface area contributed by atoms with E-state index in [0.717, 1.165) is 21.3 Å². The Morgan fingerprint density at radius 2 is 1.79 bits per heavy atom. The first-order valence-electron chi connectivity index (χ1n) is 9.17. The van der Waals surface area contributed by atoms with Crippen molar-refractivity contribution < 1.29 is 19.1 Å². The SMILES string of the molecule is COC(=O)C1=C(C)N(CCc2ccc(OC)cc2)C(=O)/C1=C\c1ccccc1Br. The van der Waals surface area contributed by atoms with Gasteiger partial charge in [-0.05, 0) is 48.7 Å². The van der Waals surface area contributed by atoms with Gasteiger partial charge < -0.3 is 14.4 Å². The van der Waals surface area contributed by atoms with Crippen LogP contribution in [0.5, 0.6) is 5.75 Å². The topological polar surface area (TPSA) is 55.8 Å². The van der Waals surface area contributed by atoms with Crippen molar-refractivity contribution in [1.29, 1.82) is 0 Å². The Hall–Kier alpha value is -2.86. The van der Waals surface area contributed by atoms with Crippen LogP contribution in [-0.4, -0.2) is 37.5 Å². The molecule has 0 spiro atoms. The maximum absolute atomic E-state index is 13.2. The van der Waals surface area contributed by atoms with Gasteiger partial charge in [0.1, 0.15) is 5.75 Å². The Labute approximate surface area is 178 Å². The molecule has 1 heterocycles. The molecule has 0 unspecified atom stereocenters. The molecule has 2 aromatic rings. The van der Waals surface area contributed by atoms with E-state index in [1.807, 2.05) is 48.5 Å². The van der Waals surface area contributed by atoms with E-state index in [1.165, 1.54) is 7.11 Å². The van der Waals surface area contributed by atoms with E-state index >= 15 is 0 Å². The molecule has 150 valence electrons. The van der Waals surface area contributed by atoms with E-state index < -0.39 is 5.97 Å². The summed E-state index contributed by atoms with van der Waals surface area (Å²) in [7, 11) is 2.95. The van der Waals surface area contributed by atoms with Gasteiger partial charge in [-0.25, -0.2) is 4.79 Å². The number of allylic oxidation sites excluding steroid dienone is 1. The number of nitrogens with zero attached hydrogens (tertiary/aromatic N) is 1. The maximum Gasteiger partial charge on any atom is 0.340 e. The first-order valence-corrected chi connectivity index (χ1v) is 9.96. The predicted octanol–water partition coefficient (Wildman–Crippen LogP) is 4.37. The van der Waals surface area contributed by atoms with E-state index in [-0.39, 0.29) is 5.91 Å². The first kappa shape index (κ1) is 20.9. The number of esters is 1. The third-order valence-corrected chi connectivity index (χ3v) is 5.61. The minimum atomic E-state index is -0.513. The normalized spacial score (nSPS) is 15.2. The second kappa shape index (κ2) is 9.09. The molecule has 5 nitrogen and oxygen atoms in total. The molecule has 2 aromatic carbocycles. The van der Waals surface area contributed by atoms with Crippen molar-refractivity contribution in [2.75, 3.05) is 20.8 Å². The van der Waals surface area contributed by atoms with Crippen molar-refractivity contribution in [2.45, 2.75) is 13.3 Å². The summed E-state index contributed by atoms with van der Waals surface area (Å²) in [5.41, 5.74) is 3.16. The number of hydrogen-bond donors (Lipinski definition) is 0. The van der Waals surface area contributed by atoms with Crippen LogP contribution in [0.3, 0.4) is 0 Å². The summed E-state index contributed by atoms with van der Waals surface area (Å²) in [6, 6.07) is 15.3. The van der Waals surface area contributed by atoms with Crippen LogP contribution in [0.4, 0.5) is 0 Å². The molecule has 0 saturated heterocycles. The van der Waals surface area contributed by atoms with E-state index in [4.69, 9.17) is 9.47 Å². The first-order chi connectivity index (χ1) is 14.0. The third-order valence-electron chi connectivity index (χ3n) is 4.89. The Morgan fingerprint density at radius 3 is 2.41 bits per heavy atom. The molecule has 0 N–H and O–H groups in total. The molecule has 0 aliphatic carbocycles. The van der Waals surface area contributed by atoms with E-state index in [9.17, 15) is 9.59 Å². The summed E-state index contributed by atoms with van der Waals surface area (Å²) in [6.45, 7) is 2.24. The summed E-state index contributed by atoms with van der Waals surface area (Å²) in [4.78, 5) is 27.2. The summed E-state index contributed by atoms with van der Waals surface area (Å²) in [5, 5.41) is 0. The largest absolute Gasteiger partial charge is 0.497 e. The molecule has 0 aromatic heterocycles. The molecule has 3 rings (SSSR count). The van der Waals surface area contributed by atoms with Gasteiger partial charge in [0.05, 0.1) is 25.4 Å². The van der Waals surface area contributed by atoms with Gasteiger partial charge in [-0.2, -0.15) is 0 Å². The van der Waals surface area contributed by atoms with Crippen molar-refractivity contribution in [3.8, 4) is 5.75 Å². The highest BCUT2D eigenvalue weighted by molar-refractivity contribution is 9.10. The summed E-state index contributed by atoms with van der Waals surface area (Å²) >= 11 is 3.49. The van der Waals surface area contributed by atoms with Gasteiger partial charge in [0.25, 0.3) is 5.91 Å². The summed E-state index contributed by atoms with van der Waals surface area (Å²) in [6.07, 6.45) is 2.39. The molecule has 6 heteroatoms. The lowest BCUT2D eigenvalue weighted by molar-refractivity contribution is -0.136. The van der Waals surface area contributed by atoms with E-state index in [0.29, 0.717) is 29.8 Å². The molecule has 0 fully saturated rings. The molecule has 1 aliphatic heterocycles. The van der Waals surface area contributed by atoms with Crippen LogP contribution in [0.2, 0.25) is 0 Å². The van der Waals surface area contributed by atoms with E-state index in [1.54, 1.807) is 25.0 Å². The van der Waals surface area contributed by atoms with Crippen LogP contribution in [0.15, 0.2) is 69.8 Å². The molecule has 0 bridgehead atoms. The molecular weight excluding hydrogens is 434 g/mol. The van der Waals surface area contributed by atoms with Gasteiger partial charge in [-0.3, -0.25) is 4.79 Å². The van der Waals surface area contributed by atoms with Gasteiger partial charge in [-0.15, -0.1) is 0 Å². The number of benzene rings is 2. The van der Waals surface area contributed by atoms with Gasteiger partial charge in [0.15, 0.2) is 0 Å². The number of ether oxygens (including phenoxy) is 2. The fourth-order valence-corrected chi connectivity index (χ4v) is 3.68. The molecule has 29 heavy (non-hydrogen) atoms. The Balaban J connectivity index is 1.90. The third kappa shape index (κ3) is 4.43. The van der Waals surface area contributed by atoms with Crippen molar-refractivity contribution in [3.05, 3.63) is 81.0 Å². The molecule has 0 saturated carbocycles. The highest BCUT2D eigenvalue weighted by atomic mass is 79.9. The van der Waals surface area contributed by atoms with Gasteiger partial charge in [-0.1, -0.05) is 46.3 Å². The fourth-order valence-electron chi connectivity index (χ4n) is 3.28. The molecule has 0 radical (unpaired) electrons. The molecule has 1 amide bonds. The minimum absolute atomic E-state index is 0.202. The van der Waals surface area contributed by atoms with Crippen LogP contribution in [0.25, 0.3) is 6.08 Å². The van der Waals surface area contributed by atoms with Crippen LogP contribution in [0.1, 0.15) is 18.1 Å². The predicted molar refractivity (Wildman–Crippen MR) is 115 cm³/mol.